The first-order valence-corrected chi connectivity index (χ1v) is 44.0. The van der Waals surface area contributed by atoms with Gasteiger partial charge in [0.2, 0.25) is 17.8 Å². The fourth-order valence-electron chi connectivity index (χ4n) is 19.7. The van der Waals surface area contributed by atoms with Crippen molar-refractivity contribution in [2.45, 2.75) is 0 Å². The number of rotatable bonds is 15. The van der Waals surface area contributed by atoms with E-state index >= 15 is 0 Å². The Hall–Kier alpha value is -18.0. The van der Waals surface area contributed by atoms with Gasteiger partial charge in [-0.3, -0.25) is 13.7 Å². The lowest BCUT2D eigenvalue weighted by Gasteiger charge is -2.16. The zero-order chi connectivity index (χ0) is 86.1. The van der Waals surface area contributed by atoms with Gasteiger partial charge >= 0.3 is 0 Å². The molecule has 0 saturated carbocycles. The topological polar surface area (TPSA) is 141 Å². The van der Waals surface area contributed by atoms with E-state index in [2.05, 4.69) is 405 Å². The van der Waals surface area contributed by atoms with Crippen molar-refractivity contribution in [3.05, 3.63) is 437 Å². The molecule has 0 unspecified atom stereocenters. The van der Waals surface area contributed by atoms with Gasteiger partial charge in [0.1, 0.15) is 0 Å². The Morgan fingerprint density at radius 1 is 0.137 bits per heavy atom. The molecule has 0 saturated heterocycles. The number of hydrogen-bond acceptors (Lipinski definition) is 9. The number of nitrogens with zero attached hydrogens (tertiary/aromatic N) is 14. The van der Waals surface area contributed by atoms with Crippen LogP contribution in [-0.4, -0.2) is 67.7 Å². The second-order valence-electron chi connectivity index (χ2n) is 33.2. The summed E-state index contributed by atoms with van der Waals surface area (Å²) in [6.45, 7) is 0. The summed E-state index contributed by atoms with van der Waals surface area (Å²) in [5.74, 6) is 4.77. The number of hydrogen-bond donors (Lipinski definition) is 0. The second-order valence-corrected chi connectivity index (χ2v) is 33.2. The third-order valence-electron chi connectivity index (χ3n) is 25.7. The predicted octanol–water partition coefficient (Wildman–Crippen LogP) is 28.4. The van der Waals surface area contributed by atoms with Gasteiger partial charge in [-0.1, -0.05) is 352 Å². The molecule has 0 N–H and O–H groups in total. The fraction of sp³-hybridized carbons (Fsp3) is 0. The van der Waals surface area contributed by atoms with Crippen molar-refractivity contribution in [1.29, 1.82) is 0 Å². The normalized spacial score (nSPS) is 11.8. The van der Waals surface area contributed by atoms with Crippen molar-refractivity contribution in [2.75, 3.05) is 0 Å². The van der Waals surface area contributed by atoms with Gasteiger partial charge in [-0.15, -0.1) is 0 Å². The Bertz CT molecular complexity index is 9000. The molecule has 0 aliphatic carbocycles. The van der Waals surface area contributed by atoms with Crippen molar-refractivity contribution in [1.82, 2.24) is 67.7 Å². The van der Waals surface area contributed by atoms with Crippen LogP contribution < -0.4 is 0 Å². The minimum Gasteiger partial charge on any atom is -0.309 e. The van der Waals surface area contributed by atoms with Crippen LogP contribution in [-0.2, 0) is 0 Å². The van der Waals surface area contributed by atoms with Gasteiger partial charge in [-0.25, -0.2) is 15.0 Å². The number of aromatic nitrogens is 14. The van der Waals surface area contributed by atoms with Gasteiger partial charge < -0.3 is 9.13 Å². The Labute approximate surface area is 750 Å². The largest absolute Gasteiger partial charge is 0.309 e. The Morgan fingerprint density at radius 2 is 0.420 bits per heavy atom. The number of para-hydroxylation sites is 6. The standard InChI is InChI=1S/C117H72N14/c1-6-30-73(31-7-1)74-54-58-80(59-55-74)112-119-113(82-62-65-84(66-63-82)127-99-49-25-19-42-87(99)88-43-20-26-50-100(88)127)125-117(124-112)131-103-53-29-21-44-89(103)92-67-68-93-95-70-83(64-69-104(95)128(107(93)108(92)131)98-48-24-18-41-86(98)77-34-10-3-11-35-77)75-56-60-81(61-57-75)111-118-109(78-36-12-4-13-37-78)121-115(123-111)129-101-51-27-22-45-90(101)96-72-106-97(71-105(96)129)91-46-23-28-52-102(91)130(106)116-122-110(79-38-14-5-15-39-79)120-114(126-116)94-47-17-16-40-85(94)76-32-8-2-9-33-76/h1-72H. The van der Waals surface area contributed by atoms with Gasteiger partial charge in [-0.05, 0) is 124 Å². The maximum absolute atomic E-state index is 5.66. The van der Waals surface area contributed by atoms with Gasteiger partial charge in [-0.2, -0.15) is 29.9 Å². The highest BCUT2D eigenvalue weighted by Crippen LogP contribution is 2.47. The molecule has 0 spiro atoms. The van der Waals surface area contributed by atoms with Crippen LogP contribution in [0.15, 0.2) is 437 Å². The first kappa shape index (κ1) is 74.4. The third kappa shape index (κ3) is 12.4. The minimum absolute atomic E-state index is 0.481. The quantitative estimate of drug-likeness (QED) is 0.0981. The molecule has 18 aromatic carbocycles. The summed E-state index contributed by atoms with van der Waals surface area (Å²) >= 11 is 0. The summed E-state index contributed by atoms with van der Waals surface area (Å²) < 4.78 is 11.5. The highest BCUT2D eigenvalue weighted by atomic mass is 15.2. The number of fused-ring (bicyclic) bond motifs is 16. The highest BCUT2D eigenvalue weighted by molar-refractivity contribution is 6.25. The number of benzene rings is 18. The lowest BCUT2D eigenvalue weighted by molar-refractivity contribution is 0.951. The Kier molecular flexibility index (Phi) is 17.3. The molecule has 14 nitrogen and oxygen atoms in total. The van der Waals surface area contributed by atoms with Gasteiger partial charge in [0.15, 0.2) is 34.9 Å². The van der Waals surface area contributed by atoms with E-state index in [9.17, 15) is 0 Å². The SMILES string of the molecule is c1ccc(-c2ccc(-c3nc(-c4ccc(-n5c6ccccc6c6ccccc65)cc4)nc(-n4c5ccccc5c5ccc6c7cc(-c8ccc(-c9nc(-c%10ccccc%10)nc(-n%10c%11ccccc%11c%11cc%12c(cc%11%10)c%10ccccc%10n%12-c%10nc(-c%11ccccc%11)nc(-c%11ccccc%11-c%11ccccc%11)n%10)n9)cc8)ccc7n(-c7ccccc7-c7ccccc7)c6c54)n3)cc2)cc1. The average molecular weight is 1670 g/mol. The Balaban J connectivity index is 0.629. The highest BCUT2D eigenvalue weighted by Gasteiger charge is 2.29. The predicted molar refractivity (Wildman–Crippen MR) is 533 cm³/mol. The summed E-state index contributed by atoms with van der Waals surface area (Å²) in [4.78, 5) is 49.2. The molecule has 14 heteroatoms. The van der Waals surface area contributed by atoms with E-state index in [0.717, 1.165) is 188 Å². The zero-order valence-corrected chi connectivity index (χ0v) is 70.3. The molecule has 0 amide bonds. The molecule has 0 fully saturated rings. The molecule has 0 aliphatic rings. The van der Waals surface area contributed by atoms with Gasteiger partial charge in [0.25, 0.3) is 0 Å². The maximum Gasteiger partial charge on any atom is 0.238 e. The van der Waals surface area contributed by atoms with Crippen molar-refractivity contribution < 1.29 is 0 Å². The maximum atomic E-state index is 5.66. The summed E-state index contributed by atoms with van der Waals surface area (Å²) in [5.41, 5.74) is 25.8. The summed E-state index contributed by atoms with van der Waals surface area (Å²) in [5, 5.41) is 10.7. The average Bonchev–Trinajstić information content (AvgIpc) is 1.54. The first-order valence-electron chi connectivity index (χ1n) is 44.0. The molecule has 8 aromatic heterocycles. The summed E-state index contributed by atoms with van der Waals surface area (Å²) in [7, 11) is 0. The third-order valence-corrected chi connectivity index (χ3v) is 25.7. The molecule has 0 bridgehead atoms. The monoisotopic (exact) mass is 1670 g/mol. The summed E-state index contributed by atoms with van der Waals surface area (Å²) in [6, 6.07) is 154. The van der Waals surface area contributed by atoms with Crippen LogP contribution in [0.4, 0.5) is 0 Å². The van der Waals surface area contributed by atoms with Crippen LogP contribution in [0.3, 0.4) is 0 Å². The van der Waals surface area contributed by atoms with Crippen molar-refractivity contribution in [2.24, 2.45) is 0 Å². The van der Waals surface area contributed by atoms with Crippen molar-refractivity contribution >= 4 is 109 Å². The van der Waals surface area contributed by atoms with Gasteiger partial charge in [0, 0.05) is 98.5 Å². The molecule has 26 aromatic rings. The van der Waals surface area contributed by atoms with Crippen LogP contribution in [0.25, 0.3) is 251 Å². The van der Waals surface area contributed by atoms with E-state index in [-0.39, 0.29) is 0 Å². The summed E-state index contributed by atoms with van der Waals surface area (Å²) in [6.07, 6.45) is 0. The molecule has 0 atom stereocenters. The van der Waals surface area contributed by atoms with E-state index < -0.39 is 0 Å². The molecule has 26 rings (SSSR count). The molecule has 131 heavy (non-hydrogen) atoms. The Morgan fingerprint density at radius 3 is 0.901 bits per heavy atom. The van der Waals surface area contributed by atoms with Gasteiger partial charge in [0.05, 0.1) is 60.9 Å². The van der Waals surface area contributed by atoms with E-state index in [1.807, 2.05) is 54.6 Å². The van der Waals surface area contributed by atoms with E-state index in [1.54, 1.807) is 0 Å². The van der Waals surface area contributed by atoms with Crippen LogP contribution in [0.2, 0.25) is 0 Å². The second kappa shape index (κ2) is 30.4. The van der Waals surface area contributed by atoms with Crippen molar-refractivity contribution in [3.63, 3.8) is 0 Å². The van der Waals surface area contributed by atoms with Crippen LogP contribution in [0.5, 0.6) is 0 Å². The molecular weight excluding hydrogens is 1600 g/mol. The van der Waals surface area contributed by atoms with Crippen molar-refractivity contribution in [3.8, 4) is 142 Å². The molecule has 610 valence electrons. The van der Waals surface area contributed by atoms with Crippen LogP contribution in [0, 0.1) is 0 Å². The van der Waals surface area contributed by atoms with E-state index in [0.29, 0.717) is 52.8 Å². The fourth-order valence-corrected chi connectivity index (χ4v) is 19.7. The molecule has 8 heterocycles. The molecular formula is C117H72N14. The van der Waals surface area contributed by atoms with E-state index in [1.165, 1.54) is 10.8 Å². The van der Waals surface area contributed by atoms with E-state index in [4.69, 9.17) is 44.9 Å². The lowest BCUT2D eigenvalue weighted by atomic mass is 9.99. The minimum atomic E-state index is 0.481. The zero-order valence-electron chi connectivity index (χ0n) is 70.3. The first-order chi connectivity index (χ1) is 65.0. The van der Waals surface area contributed by atoms with Crippen LogP contribution in [0.1, 0.15) is 0 Å². The molecule has 0 aliphatic heterocycles. The lowest BCUT2D eigenvalue weighted by Crippen LogP contribution is -2.07. The molecule has 0 radical (unpaired) electrons. The van der Waals surface area contributed by atoms with Crippen LogP contribution >= 0.6 is 0 Å². The smallest absolute Gasteiger partial charge is 0.238 e.